The number of benzene rings is 1. The molecule has 0 radical (unpaired) electrons. The summed E-state index contributed by atoms with van der Waals surface area (Å²) in [4.78, 5) is 4.37. The maximum absolute atomic E-state index is 13.4. The number of fused-ring (bicyclic) bond motifs is 1. The van der Waals surface area contributed by atoms with Gasteiger partial charge in [0.15, 0.2) is 17.3 Å². The average molecular weight is 356 g/mol. The van der Waals surface area contributed by atoms with Crippen molar-refractivity contribution in [2.45, 2.75) is 6.42 Å². The van der Waals surface area contributed by atoms with Crippen molar-refractivity contribution in [2.24, 2.45) is 0 Å². The van der Waals surface area contributed by atoms with E-state index in [1.165, 1.54) is 6.07 Å². The summed E-state index contributed by atoms with van der Waals surface area (Å²) in [5.74, 6) is -0.774. The number of aromatic nitrogens is 4. The second-order valence-corrected chi connectivity index (χ2v) is 6.29. The van der Waals surface area contributed by atoms with Crippen molar-refractivity contribution in [3.05, 3.63) is 66.1 Å². The van der Waals surface area contributed by atoms with Crippen molar-refractivity contribution in [2.75, 3.05) is 31.1 Å². The predicted octanol–water partition coefficient (Wildman–Crippen LogP) is 2.28. The number of rotatable bonds is 4. The Bertz CT molecular complexity index is 946. The molecule has 0 unspecified atom stereocenters. The first-order valence-electron chi connectivity index (χ1n) is 8.39. The minimum absolute atomic E-state index is 0.502. The monoisotopic (exact) mass is 356 g/mol. The van der Waals surface area contributed by atoms with Gasteiger partial charge in [-0.2, -0.15) is 4.52 Å². The zero-order valence-electron chi connectivity index (χ0n) is 14.1. The Morgan fingerprint density at radius 2 is 1.85 bits per heavy atom. The van der Waals surface area contributed by atoms with E-state index >= 15 is 0 Å². The van der Waals surface area contributed by atoms with Gasteiger partial charge in [-0.15, -0.1) is 15.3 Å². The number of halogens is 2. The van der Waals surface area contributed by atoms with Crippen molar-refractivity contribution in [1.82, 2.24) is 24.7 Å². The van der Waals surface area contributed by atoms with Crippen LogP contribution < -0.4 is 4.90 Å². The lowest BCUT2D eigenvalue weighted by molar-refractivity contribution is 0.315. The number of piperazine rings is 1. The number of allylic oxidation sites excluding steroid dienone is 1. The Labute approximate surface area is 149 Å². The van der Waals surface area contributed by atoms with Gasteiger partial charge in [-0.25, -0.2) is 8.78 Å². The van der Waals surface area contributed by atoms with Crippen LogP contribution in [0.15, 0.2) is 48.9 Å². The standard InChI is InChI=1S/C18H18F2N6/c1-13(10-14-2-3-15(19)16(20)11-14)24-6-8-25(9-7-24)18-5-4-17-22-21-12-26(17)23-18/h2-5,11-12H,1,6-10H2. The van der Waals surface area contributed by atoms with E-state index in [0.29, 0.717) is 12.1 Å². The fourth-order valence-electron chi connectivity index (χ4n) is 3.14. The van der Waals surface area contributed by atoms with Crippen LogP contribution in [0.25, 0.3) is 5.65 Å². The number of hydrogen-bond acceptors (Lipinski definition) is 5. The lowest BCUT2D eigenvalue weighted by Gasteiger charge is -2.37. The van der Waals surface area contributed by atoms with Crippen LogP contribution in [0, 0.1) is 11.6 Å². The van der Waals surface area contributed by atoms with Gasteiger partial charge in [0, 0.05) is 38.3 Å². The first kappa shape index (κ1) is 16.4. The number of nitrogens with zero attached hydrogens (tertiary/aromatic N) is 6. The summed E-state index contributed by atoms with van der Waals surface area (Å²) in [6, 6.07) is 7.81. The van der Waals surface area contributed by atoms with Crippen LogP contribution >= 0.6 is 0 Å². The highest BCUT2D eigenvalue weighted by molar-refractivity contribution is 5.45. The molecule has 4 rings (SSSR count). The van der Waals surface area contributed by atoms with Gasteiger partial charge in [0.2, 0.25) is 0 Å². The highest BCUT2D eigenvalue weighted by Crippen LogP contribution is 2.19. The molecule has 26 heavy (non-hydrogen) atoms. The number of anilines is 1. The molecular weight excluding hydrogens is 338 g/mol. The molecule has 0 bridgehead atoms. The minimum atomic E-state index is -0.828. The molecule has 1 saturated heterocycles. The summed E-state index contributed by atoms with van der Waals surface area (Å²) in [6.45, 7) is 7.31. The van der Waals surface area contributed by atoms with Gasteiger partial charge in [-0.05, 0) is 29.8 Å². The lowest BCUT2D eigenvalue weighted by Crippen LogP contribution is -2.46. The molecule has 1 aromatic carbocycles. The van der Waals surface area contributed by atoms with Gasteiger partial charge in [0.05, 0.1) is 0 Å². The molecule has 3 heterocycles. The zero-order valence-corrected chi connectivity index (χ0v) is 14.1. The first-order chi connectivity index (χ1) is 12.6. The first-order valence-corrected chi connectivity index (χ1v) is 8.39. The molecule has 1 aliphatic heterocycles. The molecule has 0 atom stereocenters. The molecular formula is C18H18F2N6. The van der Waals surface area contributed by atoms with Crippen molar-refractivity contribution in [1.29, 1.82) is 0 Å². The highest BCUT2D eigenvalue weighted by Gasteiger charge is 2.20. The van der Waals surface area contributed by atoms with Crippen molar-refractivity contribution < 1.29 is 8.78 Å². The van der Waals surface area contributed by atoms with E-state index in [1.807, 2.05) is 12.1 Å². The maximum Gasteiger partial charge on any atom is 0.177 e. The van der Waals surface area contributed by atoms with Gasteiger partial charge in [-0.1, -0.05) is 12.6 Å². The molecule has 1 aliphatic rings. The molecule has 0 amide bonds. The molecule has 0 spiro atoms. The zero-order chi connectivity index (χ0) is 18.1. The Morgan fingerprint density at radius 3 is 2.62 bits per heavy atom. The molecule has 134 valence electrons. The van der Waals surface area contributed by atoms with E-state index in [1.54, 1.807) is 16.9 Å². The summed E-state index contributed by atoms with van der Waals surface area (Å²) in [6.07, 6.45) is 2.08. The van der Waals surface area contributed by atoms with Gasteiger partial charge in [0.1, 0.15) is 12.1 Å². The van der Waals surface area contributed by atoms with Crippen LogP contribution in [-0.2, 0) is 6.42 Å². The van der Waals surface area contributed by atoms with E-state index in [2.05, 4.69) is 31.7 Å². The Balaban J connectivity index is 1.37. The van der Waals surface area contributed by atoms with Crippen LogP contribution in [0.1, 0.15) is 5.56 Å². The molecule has 8 heteroatoms. The average Bonchev–Trinajstić information content (AvgIpc) is 3.12. The van der Waals surface area contributed by atoms with E-state index in [9.17, 15) is 8.78 Å². The molecule has 2 aromatic heterocycles. The Hall–Kier alpha value is -3.03. The quantitative estimate of drug-likeness (QED) is 0.718. The minimum Gasteiger partial charge on any atom is -0.371 e. The Morgan fingerprint density at radius 1 is 1.04 bits per heavy atom. The lowest BCUT2D eigenvalue weighted by atomic mass is 10.1. The van der Waals surface area contributed by atoms with Gasteiger partial charge >= 0.3 is 0 Å². The van der Waals surface area contributed by atoms with E-state index < -0.39 is 11.6 Å². The highest BCUT2D eigenvalue weighted by atomic mass is 19.2. The normalized spacial score (nSPS) is 14.8. The van der Waals surface area contributed by atoms with Crippen LogP contribution in [0.4, 0.5) is 14.6 Å². The van der Waals surface area contributed by atoms with E-state index in [4.69, 9.17) is 0 Å². The van der Waals surface area contributed by atoms with E-state index in [0.717, 1.165) is 49.3 Å². The molecule has 0 aliphatic carbocycles. The third-order valence-corrected chi connectivity index (χ3v) is 4.59. The Kier molecular flexibility index (Phi) is 4.24. The van der Waals surface area contributed by atoms with Crippen LogP contribution in [-0.4, -0.2) is 50.9 Å². The topological polar surface area (TPSA) is 49.6 Å². The summed E-state index contributed by atoms with van der Waals surface area (Å²) in [7, 11) is 0. The van der Waals surface area contributed by atoms with Crippen molar-refractivity contribution in [3.63, 3.8) is 0 Å². The predicted molar refractivity (Wildman–Crippen MR) is 93.8 cm³/mol. The maximum atomic E-state index is 13.4. The van der Waals surface area contributed by atoms with Crippen LogP contribution in [0.5, 0.6) is 0 Å². The summed E-state index contributed by atoms with van der Waals surface area (Å²) >= 11 is 0. The summed E-state index contributed by atoms with van der Waals surface area (Å²) in [5.41, 5.74) is 2.33. The molecule has 1 fully saturated rings. The number of hydrogen-bond donors (Lipinski definition) is 0. The third kappa shape index (κ3) is 3.22. The smallest absolute Gasteiger partial charge is 0.177 e. The summed E-state index contributed by atoms with van der Waals surface area (Å²) in [5, 5.41) is 12.3. The fourth-order valence-corrected chi connectivity index (χ4v) is 3.14. The van der Waals surface area contributed by atoms with Crippen molar-refractivity contribution in [3.8, 4) is 0 Å². The molecule has 6 nitrogen and oxygen atoms in total. The van der Waals surface area contributed by atoms with Gasteiger partial charge < -0.3 is 9.80 Å². The van der Waals surface area contributed by atoms with Crippen molar-refractivity contribution >= 4 is 11.5 Å². The van der Waals surface area contributed by atoms with Gasteiger partial charge in [0.25, 0.3) is 0 Å². The second kappa shape index (κ2) is 6.70. The van der Waals surface area contributed by atoms with Crippen LogP contribution in [0.2, 0.25) is 0 Å². The van der Waals surface area contributed by atoms with Crippen LogP contribution in [0.3, 0.4) is 0 Å². The second-order valence-electron chi connectivity index (χ2n) is 6.29. The fraction of sp³-hybridized carbons (Fsp3) is 0.278. The van der Waals surface area contributed by atoms with Gasteiger partial charge in [-0.3, -0.25) is 0 Å². The summed E-state index contributed by atoms with van der Waals surface area (Å²) < 4.78 is 28.1. The largest absolute Gasteiger partial charge is 0.371 e. The SMILES string of the molecule is C=C(Cc1ccc(F)c(F)c1)N1CCN(c2ccc3nncn3n2)CC1. The third-order valence-electron chi connectivity index (χ3n) is 4.59. The molecule has 3 aromatic rings. The van der Waals surface area contributed by atoms with E-state index in [-0.39, 0.29) is 0 Å². The molecule has 0 N–H and O–H groups in total. The molecule has 0 saturated carbocycles.